The zero-order valence-electron chi connectivity index (χ0n) is 7.70. The van der Waals surface area contributed by atoms with E-state index in [1.807, 2.05) is 6.07 Å². The molecule has 1 aliphatic heterocycles. The van der Waals surface area contributed by atoms with E-state index in [4.69, 9.17) is 4.52 Å². The summed E-state index contributed by atoms with van der Waals surface area (Å²) >= 11 is 0. The highest BCUT2D eigenvalue weighted by Gasteiger charge is 2.10. The number of nitrogens with zero attached hydrogens (tertiary/aromatic N) is 2. The van der Waals surface area contributed by atoms with E-state index in [1.54, 1.807) is 6.20 Å². The lowest BCUT2D eigenvalue weighted by atomic mass is 10.3. The third-order valence-electron chi connectivity index (χ3n) is 2.30. The Morgan fingerprint density at radius 3 is 3.31 bits per heavy atom. The van der Waals surface area contributed by atoms with Crippen LogP contribution in [0.15, 0.2) is 16.8 Å². The summed E-state index contributed by atoms with van der Waals surface area (Å²) in [7, 11) is 0. The Hall–Kier alpha value is -0.870. The van der Waals surface area contributed by atoms with Gasteiger partial charge in [-0.1, -0.05) is 5.16 Å². The molecule has 1 saturated heterocycles. The molecule has 1 N–H and O–H groups in total. The molecular formula is C9H15N3O. The lowest BCUT2D eigenvalue weighted by Gasteiger charge is -2.16. The molecule has 72 valence electrons. The fraction of sp³-hybridized carbons (Fsp3) is 0.667. The molecule has 1 fully saturated rings. The van der Waals surface area contributed by atoms with E-state index in [0.29, 0.717) is 0 Å². The maximum absolute atomic E-state index is 5.06. The summed E-state index contributed by atoms with van der Waals surface area (Å²) in [5, 5.41) is 7.06. The Bertz CT molecular complexity index is 227. The van der Waals surface area contributed by atoms with Crippen molar-refractivity contribution >= 4 is 0 Å². The fourth-order valence-corrected chi connectivity index (χ4v) is 1.60. The molecule has 1 aromatic heterocycles. The lowest BCUT2D eigenvalue weighted by molar-refractivity contribution is 0.244. The summed E-state index contributed by atoms with van der Waals surface area (Å²) in [5.41, 5.74) is 0. The summed E-state index contributed by atoms with van der Waals surface area (Å²) < 4.78 is 5.06. The van der Waals surface area contributed by atoms with E-state index in [9.17, 15) is 0 Å². The maximum atomic E-state index is 5.06. The van der Waals surface area contributed by atoms with Crippen molar-refractivity contribution in [1.82, 2.24) is 15.4 Å². The maximum Gasteiger partial charge on any atom is 0.150 e. The van der Waals surface area contributed by atoms with E-state index in [2.05, 4.69) is 15.4 Å². The number of nitrogens with one attached hydrogen (secondary N) is 1. The van der Waals surface area contributed by atoms with Gasteiger partial charge in [-0.05, 0) is 19.5 Å². The van der Waals surface area contributed by atoms with Gasteiger partial charge in [0.05, 0.1) is 12.7 Å². The average Bonchev–Trinajstić information content (AvgIpc) is 2.49. The molecule has 0 spiro atoms. The highest BCUT2D eigenvalue weighted by atomic mass is 16.5. The smallest absolute Gasteiger partial charge is 0.150 e. The Kier molecular flexibility index (Phi) is 2.94. The quantitative estimate of drug-likeness (QED) is 0.720. The second-order valence-corrected chi connectivity index (χ2v) is 3.36. The molecule has 1 aliphatic rings. The van der Waals surface area contributed by atoms with E-state index >= 15 is 0 Å². The van der Waals surface area contributed by atoms with E-state index in [1.165, 1.54) is 6.42 Å². The predicted molar refractivity (Wildman–Crippen MR) is 49.3 cm³/mol. The van der Waals surface area contributed by atoms with Gasteiger partial charge in [-0.2, -0.15) is 0 Å². The zero-order valence-corrected chi connectivity index (χ0v) is 7.70. The normalized spacial score (nSPS) is 20.0. The molecule has 0 aliphatic carbocycles. The summed E-state index contributed by atoms with van der Waals surface area (Å²) in [6, 6.07) is 1.93. The summed E-state index contributed by atoms with van der Waals surface area (Å²) in [6.07, 6.45) is 2.92. The van der Waals surface area contributed by atoms with Gasteiger partial charge >= 0.3 is 0 Å². The van der Waals surface area contributed by atoms with Crippen molar-refractivity contribution in [1.29, 1.82) is 0 Å². The SMILES string of the molecule is c1cc(CN2CCCNCC2)on1. The van der Waals surface area contributed by atoms with E-state index in [-0.39, 0.29) is 0 Å². The summed E-state index contributed by atoms with van der Waals surface area (Å²) in [5.74, 6) is 0.960. The molecule has 2 heterocycles. The van der Waals surface area contributed by atoms with Crippen LogP contribution in [0.25, 0.3) is 0 Å². The highest BCUT2D eigenvalue weighted by Crippen LogP contribution is 2.04. The first-order chi connectivity index (χ1) is 6.45. The molecule has 4 nitrogen and oxygen atoms in total. The van der Waals surface area contributed by atoms with Crippen molar-refractivity contribution in [3.8, 4) is 0 Å². The van der Waals surface area contributed by atoms with Crippen LogP contribution in [-0.2, 0) is 6.54 Å². The van der Waals surface area contributed by atoms with Crippen LogP contribution in [0.1, 0.15) is 12.2 Å². The predicted octanol–water partition coefficient (Wildman–Crippen LogP) is 0.470. The van der Waals surface area contributed by atoms with Crippen molar-refractivity contribution in [3.63, 3.8) is 0 Å². The molecule has 0 unspecified atom stereocenters. The van der Waals surface area contributed by atoms with Crippen molar-refractivity contribution in [2.75, 3.05) is 26.2 Å². The molecular weight excluding hydrogens is 166 g/mol. The lowest BCUT2D eigenvalue weighted by Crippen LogP contribution is -2.27. The van der Waals surface area contributed by atoms with Crippen LogP contribution in [0, 0.1) is 0 Å². The Balaban J connectivity index is 1.86. The molecule has 0 radical (unpaired) electrons. The molecule has 1 aromatic rings. The van der Waals surface area contributed by atoms with Gasteiger partial charge in [-0.25, -0.2) is 0 Å². The molecule has 2 rings (SSSR count). The third kappa shape index (κ3) is 2.54. The Morgan fingerprint density at radius 2 is 2.46 bits per heavy atom. The van der Waals surface area contributed by atoms with Gasteiger partial charge in [-0.15, -0.1) is 0 Å². The molecule has 0 bridgehead atoms. The molecule has 0 amide bonds. The van der Waals surface area contributed by atoms with Crippen molar-refractivity contribution in [2.24, 2.45) is 0 Å². The first kappa shape index (κ1) is 8.72. The second kappa shape index (κ2) is 4.39. The van der Waals surface area contributed by atoms with Gasteiger partial charge in [0.15, 0.2) is 5.76 Å². The highest BCUT2D eigenvalue weighted by molar-refractivity contribution is 4.92. The molecule has 4 heteroatoms. The topological polar surface area (TPSA) is 41.3 Å². The number of hydrogen-bond acceptors (Lipinski definition) is 4. The number of hydrogen-bond donors (Lipinski definition) is 1. The largest absolute Gasteiger partial charge is 0.360 e. The summed E-state index contributed by atoms with van der Waals surface area (Å²) in [4.78, 5) is 2.39. The minimum atomic E-state index is 0.891. The van der Waals surface area contributed by atoms with Crippen LogP contribution >= 0.6 is 0 Å². The minimum absolute atomic E-state index is 0.891. The van der Waals surface area contributed by atoms with Gasteiger partial charge in [0.2, 0.25) is 0 Å². The second-order valence-electron chi connectivity index (χ2n) is 3.36. The molecule has 0 atom stereocenters. The van der Waals surface area contributed by atoms with Crippen LogP contribution in [-0.4, -0.2) is 36.2 Å². The van der Waals surface area contributed by atoms with Gasteiger partial charge in [0.1, 0.15) is 0 Å². The third-order valence-corrected chi connectivity index (χ3v) is 2.30. The zero-order chi connectivity index (χ0) is 8.93. The van der Waals surface area contributed by atoms with Crippen LogP contribution in [0.4, 0.5) is 0 Å². The Morgan fingerprint density at radius 1 is 1.46 bits per heavy atom. The fourth-order valence-electron chi connectivity index (χ4n) is 1.60. The number of aromatic nitrogens is 1. The van der Waals surface area contributed by atoms with Crippen molar-refractivity contribution in [2.45, 2.75) is 13.0 Å². The molecule has 13 heavy (non-hydrogen) atoms. The Labute approximate surface area is 77.9 Å². The van der Waals surface area contributed by atoms with Crippen LogP contribution in [0.2, 0.25) is 0 Å². The number of rotatable bonds is 2. The van der Waals surface area contributed by atoms with Crippen molar-refractivity contribution < 1.29 is 4.52 Å². The molecule has 0 saturated carbocycles. The molecule has 0 aromatic carbocycles. The average molecular weight is 181 g/mol. The van der Waals surface area contributed by atoms with Gasteiger partial charge in [0.25, 0.3) is 0 Å². The minimum Gasteiger partial charge on any atom is -0.360 e. The monoisotopic (exact) mass is 181 g/mol. The van der Waals surface area contributed by atoms with Crippen LogP contribution in [0.3, 0.4) is 0 Å². The van der Waals surface area contributed by atoms with Gasteiger partial charge < -0.3 is 9.84 Å². The van der Waals surface area contributed by atoms with E-state index < -0.39 is 0 Å². The first-order valence-corrected chi connectivity index (χ1v) is 4.78. The van der Waals surface area contributed by atoms with Crippen LogP contribution in [0.5, 0.6) is 0 Å². The van der Waals surface area contributed by atoms with E-state index in [0.717, 1.165) is 38.5 Å². The van der Waals surface area contributed by atoms with Gasteiger partial charge in [-0.3, -0.25) is 4.90 Å². The van der Waals surface area contributed by atoms with Gasteiger partial charge in [0, 0.05) is 19.2 Å². The summed E-state index contributed by atoms with van der Waals surface area (Å²) in [6.45, 7) is 5.34. The van der Waals surface area contributed by atoms with Crippen molar-refractivity contribution in [3.05, 3.63) is 18.0 Å². The van der Waals surface area contributed by atoms with Crippen LogP contribution < -0.4 is 5.32 Å². The first-order valence-electron chi connectivity index (χ1n) is 4.78. The standard InChI is InChI=1S/C9H15N3O/c1-3-10-5-7-12(6-1)8-9-2-4-11-13-9/h2,4,10H,1,3,5-8H2.